The summed E-state index contributed by atoms with van der Waals surface area (Å²) in [6.45, 7) is 3.66. The Labute approximate surface area is 93.7 Å². The SMILES string of the molecule is CC(=O)[C@@H](C)Cc1csc2ccccc12. The predicted molar refractivity (Wildman–Crippen MR) is 65.4 cm³/mol. The Kier molecular flexibility index (Phi) is 2.87. The van der Waals surface area contributed by atoms with Crippen LogP contribution in [0.4, 0.5) is 0 Å². The zero-order valence-electron chi connectivity index (χ0n) is 8.99. The van der Waals surface area contributed by atoms with Gasteiger partial charge in [-0.2, -0.15) is 0 Å². The third-order valence-corrected chi connectivity index (χ3v) is 3.79. The molecule has 2 rings (SSSR count). The molecule has 0 radical (unpaired) electrons. The molecule has 15 heavy (non-hydrogen) atoms. The number of ketones is 1. The molecule has 1 nitrogen and oxygen atoms in total. The van der Waals surface area contributed by atoms with Gasteiger partial charge in [-0.15, -0.1) is 11.3 Å². The molecule has 0 saturated heterocycles. The summed E-state index contributed by atoms with van der Waals surface area (Å²) in [6.07, 6.45) is 0.860. The third-order valence-electron chi connectivity index (χ3n) is 2.78. The van der Waals surface area contributed by atoms with Crippen LogP contribution < -0.4 is 0 Å². The lowest BCUT2D eigenvalue weighted by Crippen LogP contribution is -2.08. The van der Waals surface area contributed by atoms with E-state index in [-0.39, 0.29) is 11.7 Å². The van der Waals surface area contributed by atoms with E-state index in [1.54, 1.807) is 18.3 Å². The van der Waals surface area contributed by atoms with Crippen molar-refractivity contribution < 1.29 is 4.79 Å². The molecule has 78 valence electrons. The van der Waals surface area contributed by atoms with E-state index < -0.39 is 0 Å². The normalized spacial score (nSPS) is 12.9. The average Bonchev–Trinajstić information content (AvgIpc) is 2.62. The van der Waals surface area contributed by atoms with Crippen LogP contribution in [-0.2, 0) is 11.2 Å². The number of benzene rings is 1. The van der Waals surface area contributed by atoms with E-state index >= 15 is 0 Å². The summed E-state index contributed by atoms with van der Waals surface area (Å²) in [5.41, 5.74) is 1.30. The molecule has 0 unspecified atom stereocenters. The minimum absolute atomic E-state index is 0.128. The van der Waals surface area contributed by atoms with Crippen molar-refractivity contribution in [3.05, 3.63) is 35.2 Å². The Morgan fingerprint density at radius 1 is 1.40 bits per heavy atom. The number of hydrogen-bond donors (Lipinski definition) is 0. The van der Waals surface area contributed by atoms with Crippen LogP contribution in [0.5, 0.6) is 0 Å². The highest BCUT2D eigenvalue weighted by Crippen LogP contribution is 2.27. The monoisotopic (exact) mass is 218 g/mol. The highest BCUT2D eigenvalue weighted by molar-refractivity contribution is 7.17. The van der Waals surface area contributed by atoms with Crippen LogP contribution in [0.2, 0.25) is 0 Å². The summed E-state index contributed by atoms with van der Waals surface area (Å²) in [4.78, 5) is 11.2. The van der Waals surface area contributed by atoms with Gasteiger partial charge in [0.15, 0.2) is 0 Å². The Morgan fingerprint density at radius 2 is 2.13 bits per heavy atom. The highest BCUT2D eigenvalue weighted by atomic mass is 32.1. The summed E-state index contributed by atoms with van der Waals surface area (Å²) in [6, 6.07) is 8.37. The molecule has 0 aliphatic rings. The second kappa shape index (κ2) is 4.15. The topological polar surface area (TPSA) is 17.1 Å². The summed E-state index contributed by atoms with van der Waals surface area (Å²) >= 11 is 1.76. The molecule has 1 aromatic heterocycles. The second-order valence-corrected chi connectivity index (χ2v) is 4.88. The third kappa shape index (κ3) is 2.10. The van der Waals surface area contributed by atoms with Gasteiger partial charge in [-0.1, -0.05) is 25.1 Å². The number of rotatable bonds is 3. The van der Waals surface area contributed by atoms with Crippen molar-refractivity contribution in [1.82, 2.24) is 0 Å². The smallest absolute Gasteiger partial charge is 0.132 e. The highest BCUT2D eigenvalue weighted by Gasteiger charge is 2.11. The number of Topliss-reactive ketones (excluding diaryl/α,β-unsaturated/α-hetero) is 1. The minimum atomic E-state index is 0.128. The zero-order valence-corrected chi connectivity index (χ0v) is 9.80. The zero-order chi connectivity index (χ0) is 10.8. The van der Waals surface area contributed by atoms with Crippen molar-refractivity contribution in [3.8, 4) is 0 Å². The quantitative estimate of drug-likeness (QED) is 0.768. The first-order valence-corrected chi connectivity index (χ1v) is 6.02. The van der Waals surface area contributed by atoms with Crippen LogP contribution >= 0.6 is 11.3 Å². The lowest BCUT2D eigenvalue weighted by molar-refractivity contribution is -0.120. The number of carbonyl (C=O) groups excluding carboxylic acids is 1. The maximum atomic E-state index is 11.2. The fraction of sp³-hybridized carbons (Fsp3) is 0.308. The van der Waals surface area contributed by atoms with Gasteiger partial charge >= 0.3 is 0 Å². The Balaban J connectivity index is 2.32. The Bertz CT molecular complexity index is 484. The van der Waals surface area contributed by atoms with Gasteiger partial charge in [0.05, 0.1) is 0 Å². The van der Waals surface area contributed by atoms with Crippen molar-refractivity contribution in [2.75, 3.05) is 0 Å². The molecule has 0 spiro atoms. The molecule has 0 aliphatic heterocycles. The van der Waals surface area contributed by atoms with E-state index in [4.69, 9.17) is 0 Å². The molecule has 0 N–H and O–H groups in total. The molecule has 0 aliphatic carbocycles. The number of fused-ring (bicyclic) bond motifs is 1. The predicted octanol–water partition coefficient (Wildman–Crippen LogP) is 3.67. The molecule has 2 aromatic rings. The molecule has 0 fully saturated rings. The van der Waals surface area contributed by atoms with Crippen molar-refractivity contribution in [3.63, 3.8) is 0 Å². The second-order valence-electron chi connectivity index (χ2n) is 3.97. The van der Waals surface area contributed by atoms with Gasteiger partial charge in [-0.3, -0.25) is 4.79 Å². The molecule has 1 aromatic carbocycles. The fourth-order valence-electron chi connectivity index (χ4n) is 1.66. The van der Waals surface area contributed by atoms with E-state index in [0.717, 1.165) is 6.42 Å². The van der Waals surface area contributed by atoms with Gasteiger partial charge in [-0.25, -0.2) is 0 Å². The number of hydrogen-bond acceptors (Lipinski definition) is 2. The molecule has 0 amide bonds. The first-order chi connectivity index (χ1) is 7.18. The van der Waals surface area contributed by atoms with Crippen LogP contribution in [0.15, 0.2) is 29.6 Å². The van der Waals surface area contributed by atoms with Crippen LogP contribution in [0.3, 0.4) is 0 Å². The van der Waals surface area contributed by atoms with Crippen molar-refractivity contribution >= 4 is 27.2 Å². The molecule has 2 heteroatoms. The van der Waals surface area contributed by atoms with E-state index in [1.807, 2.05) is 6.92 Å². The van der Waals surface area contributed by atoms with Crippen molar-refractivity contribution in [2.24, 2.45) is 5.92 Å². The molecule has 1 heterocycles. The van der Waals surface area contributed by atoms with Crippen LogP contribution in [0, 0.1) is 5.92 Å². The van der Waals surface area contributed by atoms with Crippen molar-refractivity contribution in [1.29, 1.82) is 0 Å². The Morgan fingerprint density at radius 3 is 2.87 bits per heavy atom. The first-order valence-electron chi connectivity index (χ1n) is 5.14. The molecule has 1 atom stereocenters. The molecule has 0 bridgehead atoms. The lowest BCUT2D eigenvalue weighted by Gasteiger charge is -2.05. The van der Waals surface area contributed by atoms with Gasteiger partial charge in [0, 0.05) is 10.6 Å². The Hall–Kier alpha value is -1.15. The van der Waals surface area contributed by atoms with Gasteiger partial charge in [0.25, 0.3) is 0 Å². The minimum Gasteiger partial charge on any atom is -0.300 e. The van der Waals surface area contributed by atoms with Gasteiger partial charge in [-0.05, 0) is 35.7 Å². The lowest BCUT2D eigenvalue weighted by atomic mass is 9.98. The van der Waals surface area contributed by atoms with Gasteiger partial charge in [0.2, 0.25) is 0 Å². The summed E-state index contributed by atoms with van der Waals surface area (Å²) in [5.74, 6) is 0.397. The number of carbonyl (C=O) groups is 1. The van der Waals surface area contributed by atoms with E-state index in [0.29, 0.717) is 0 Å². The van der Waals surface area contributed by atoms with Crippen molar-refractivity contribution in [2.45, 2.75) is 20.3 Å². The standard InChI is InChI=1S/C13H14OS/c1-9(10(2)14)7-11-8-15-13-6-4-3-5-12(11)13/h3-6,8-9H,7H2,1-2H3/t9-/m0/s1. The molecular formula is C13H14OS. The van der Waals surface area contributed by atoms with Gasteiger partial charge < -0.3 is 0 Å². The molecular weight excluding hydrogens is 204 g/mol. The maximum absolute atomic E-state index is 11.2. The number of thiophene rings is 1. The summed E-state index contributed by atoms with van der Waals surface area (Å²) in [7, 11) is 0. The average molecular weight is 218 g/mol. The summed E-state index contributed by atoms with van der Waals surface area (Å²) in [5, 5.41) is 3.47. The summed E-state index contributed by atoms with van der Waals surface area (Å²) < 4.78 is 1.31. The molecule has 0 saturated carbocycles. The largest absolute Gasteiger partial charge is 0.300 e. The van der Waals surface area contributed by atoms with E-state index in [1.165, 1.54) is 15.6 Å². The maximum Gasteiger partial charge on any atom is 0.132 e. The van der Waals surface area contributed by atoms with Crippen LogP contribution in [0.1, 0.15) is 19.4 Å². The van der Waals surface area contributed by atoms with Crippen LogP contribution in [0.25, 0.3) is 10.1 Å². The first kappa shape index (κ1) is 10.4. The van der Waals surface area contributed by atoms with E-state index in [9.17, 15) is 4.79 Å². The van der Waals surface area contributed by atoms with Crippen LogP contribution in [-0.4, -0.2) is 5.78 Å². The fourth-order valence-corrected chi connectivity index (χ4v) is 2.64. The van der Waals surface area contributed by atoms with Gasteiger partial charge in [0.1, 0.15) is 5.78 Å². The van der Waals surface area contributed by atoms with E-state index in [2.05, 4.69) is 29.6 Å².